The maximum atomic E-state index is 11.6. The second-order valence-corrected chi connectivity index (χ2v) is 8.19. The van der Waals surface area contributed by atoms with Crippen molar-refractivity contribution < 1.29 is 9.53 Å². The van der Waals surface area contributed by atoms with Crippen LogP contribution in [-0.4, -0.2) is 12.6 Å². The monoisotopic (exact) mass is 388 g/mol. The number of carbonyl (C=O) groups is 1. The van der Waals surface area contributed by atoms with Gasteiger partial charge in [-0.15, -0.1) is 0 Å². The molecule has 0 heterocycles. The molecular weight excluding hydrogens is 344 g/mol. The molecule has 0 aliphatic rings. The van der Waals surface area contributed by atoms with E-state index in [1.165, 1.54) is 28.7 Å². The lowest BCUT2D eigenvalue weighted by Gasteiger charge is -2.04. The number of allylic oxidation sites excluding steroid dienone is 7. The van der Waals surface area contributed by atoms with Crippen LogP contribution in [0.2, 0.25) is 0 Å². The molecule has 2 heteroatoms. The van der Waals surface area contributed by atoms with Crippen LogP contribution in [0, 0.1) is 0 Å². The number of unbranched alkanes of at least 4 members (excludes halogenated alkanes) is 2. The molecule has 160 valence electrons. The Morgan fingerprint density at radius 3 is 1.68 bits per heavy atom. The summed E-state index contributed by atoms with van der Waals surface area (Å²) in [6, 6.07) is 0. The lowest BCUT2D eigenvalue weighted by Crippen LogP contribution is -2.04. The topological polar surface area (TPSA) is 26.3 Å². The molecule has 0 aliphatic heterocycles. The largest absolute Gasteiger partial charge is 0.461 e. The highest BCUT2D eigenvalue weighted by atomic mass is 16.5. The van der Waals surface area contributed by atoms with Gasteiger partial charge in [0, 0.05) is 6.42 Å². The van der Waals surface area contributed by atoms with Crippen molar-refractivity contribution in [3.05, 3.63) is 46.6 Å². The zero-order valence-electron chi connectivity index (χ0n) is 19.4. The van der Waals surface area contributed by atoms with E-state index in [0.717, 1.165) is 51.4 Å². The maximum Gasteiger partial charge on any atom is 0.306 e. The van der Waals surface area contributed by atoms with Crippen molar-refractivity contribution in [2.45, 2.75) is 106 Å². The van der Waals surface area contributed by atoms with E-state index in [2.05, 4.69) is 59.8 Å². The van der Waals surface area contributed by atoms with Gasteiger partial charge in [0.15, 0.2) is 0 Å². The summed E-state index contributed by atoms with van der Waals surface area (Å²) in [4.78, 5) is 11.6. The van der Waals surface area contributed by atoms with Gasteiger partial charge in [-0.2, -0.15) is 0 Å². The van der Waals surface area contributed by atoms with Crippen molar-refractivity contribution in [2.24, 2.45) is 0 Å². The first kappa shape index (κ1) is 26.4. The van der Waals surface area contributed by atoms with E-state index in [0.29, 0.717) is 13.0 Å². The van der Waals surface area contributed by atoms with Crippen molar-refractivity contribution in [3.8, 4) is 0 Å². The Labute approximate surface area is 174 Å². The lowest BCUT2D eigenvalue weighted by atomic mass is 10.0. The van der Waals surface area contributed by atoms with Gasteiger partial charge in [-0.3, -0.25) is 4.79 Å². The first-order valence-corrected chi connectivity index (χ1v) is 11.1. The first-order chi connectivity index (χ1) is 13.3. The molecule has 2 nitrogen and oxygen atoms in total. The average molecular weight is 389 g/mol. The normalized spacial score (nSPS) is 12.9. The summed E-state index contributed by atoms with van der Waals surface area (Å²) in [7, 11) is 0. The molecule has 0 unspecified atom stereocenters. The van der Waals surface area contributed by atoms with E-state index < -0.39 is 0 Å². The predicted octanol–water partition coefficient (Wildman–Crippen LogP) is 8.26. The van der Waals surface area contributed by atoms with Gasteiger partial charge in [0.2, 0.25) is 0 Å². The number of ether oxygens (including phenoxy) is 1. The van der Waals surface area contributed by atoms with E-state index in [1.807, 2.05) is 6.08 Å². The third kappa shape index (κ3) is 17.8. The summed E-state index contributed by atoms with van der Waals surface area (Å²) >= 11 is 0. The van der Waals surface area contributed by atoms with Crippen LogP contribution in [0.5, 0.6) is 0 Å². The van der Waals surface area contributed by atoms with Gasteiger partial charge in [-0.1, -0.05) is 60.3 Å². The zero-order chi connectivity index (χ0) is 21.2. The van der Waals surface area contributed by atoms with Gasteiger partial charge in [0.1, 0.15) is 6.61 Å². The van der Waals surface area contributed by atoms with E-state index >= 15 is 0 Å². The summed E-state index contributed by atoms with van der Waals surface area (Å²) in [5, 5.41) is 0. The highest BCUT2D eigenvalue weighted by Crippen LogP contribution is 2.13. The molecule has 0 saturated carbocycles. The SMILES string of the molecule is CCCCCC(=O)OC/C=C(\C)CC/C=C(\C)CC/C=C(\C)CCC=C(C)C. The third-order valence-corrected chi connectivity index (χ3v) is 4.81. The molecule has 0 aromatic rings. The fourth-order valence-corrected chi connectivity index (χ4v) is 2.86. The number of hydrogen-bond acceptors (Lipinski definition) is 2. The molecule has 0 atom stereocenters. The molecule has 28 heavy (non-hydrogen) atoms. The van der Waals surface area contributed by atoms with Crippen molar-refractivity contribution in [3.63, 3.8) is 0 Å². The van der Waals surface area contributed by atoms with Crippen LogP contribution < -0.4 is 0 Å². The van der Waals surface area contributed by atoms with Crippen LogP contribution in [0.1, 0.15) is 106 Å². The van der Waals surface area contributed by atoms with Crippen LogP contribution >= 0.6 is 0 Å². The minimum atomic E-state index is -0.0718. The highest BCUT2D eigenvalue weighted by molar-refractivity contribution is 5.69. The summed E-state index contributed by atoms with van der Waals surface area (Å²) in [5.41, 5.74) is 5.65. The molecule has 0 aromatic heterocycles. The van der Waals surface area contributed by atoms with Gasteiger partial charge < -0.3 is 4.74 Å². The molecule has 0 spiro atoms. The number of hydrogen-bond donors (Lipinski definition) is 0. The Balaban J connectivity index is 3.97. The van der Waals surface area contributed by atoms with E-state index in [1.54, 1.807) is 0 Å². The van der Waals surface area contributed by atoms with Crippen LogP contribution in [0.4, 0.5) is 0 Å². The Morgan fingerprint density at radius 1 is 0.679 bits per heavy atom. The molecular formula is C26H44O2. The summed E-state index contributed by atoms with van der Waals surface area (Å²) < 4.78 is 5.26. The molecule has 0 amide bonds. The maximum absolute atomic E-state index is 11.6. The first-order valence-electron chi connectivity index (χ1n) is 11.1. The Bertz CT molecular complexity index is 543. The zero-order valence-corrected chi connectivity index (χ0v) is 19.4. The van der Waals surface area contributed by atoms with Crippen LogP contribution in [-0.2, 0) is 9.53 Å². The van der Waals surface area contributed by atoms with E-state index in [9.17, 15) is 4.79 Å². The van der Waals surface area contributed by atoms with Gasteiger partial charge in [-0.05, 0) is 85.6 Å². The van der Waals surface area contributed by atoms with Crippen LogP contribution in [0.15, 0.2) is 46.6 Å². The molecule has 0 aromatic carbocycles. The number of carbonyl (C=O) groups excluding carboxylic acids is 1. The second-order valence-electron chi connectivity index (χ2n) is 8.19. The van der Waals surface area contributed by atoms with E-state index in [-0.39, 0.29) is 5.97 Å². The number of esters is 1. The summed E-state index contributed by atoms with van der Waals surface area (Å²) in [6.07, 6.45) is 19.5. The molecule has 0 saturated heterocycles. The fraction of sp³-hybridized carbons (Fsp3) is 0.654. The molecule has 0 aliphatic carbocycles. The third-order valence-electron chi connectivity index (χ3n) is 4.81. The summed E-state index contributed by atoms with van der Waals surface area (Å²) in [5.74, 6) is -0.0718. The predicted molar refractivity (Wildman–Crippen MR) is 124 cm³/mol. The smallest absolute Gasteiger partial charge is 0.306 e. The molecule has 0 radical (unpaired) electrons. The Kier molecular flexibility index (Phi) is 16.5. The van der Waals surface area contributed by atoms with E-state index in [4.69, 9.17) is 4.74 Å². The average Bonchev–Trinajstić information content (AvgIpc) is 2.61. The van der Waals surface area contributed by atoms with Gasteiger partial charge >= 0.3 is 5.97 Å². The van der Waals surface area contributed by atoms with Gasteiger partial charge in [-0.25, -0.2) is 0 Å². The number of rotatable bonds is 15. The van der Waals surface area contributed by atoms with Crippen LogP contribution in [0.3, 0.4) is 0 Å². The minimum absolute atomic E-state index is 0.0718. The van der Waals surface area contributed by atoms with Crippen molar-refractivity contribution in [1.29, 1.82) is 0 Å². The molecule has 0 rings (SSSR count). The molecule has 0 fully saturated rings. The lowest BCUT2D eigenvalue weighted by molar-refractivity contribution is -0.142. The summed E-state index contributed by atoms with van der Waals surface area (Å²) in [6.45, 7) is 13.4. The molecule has 0 N–H and O–H groups in total. The Morgan fingerprint density at radius 2 is 1.18 bits per heavy atom. The van der Waals surface area contributed by atoms with Crippen molar-refractivity contribution >= 4 is 5.97 Å². The standard InChI is InChI=1S/C26H44O2/c1-7-8-9-19-26(27)28-21-20-25(6)18-12-17-24(5)16-11-15-23(4)14-10-13-22(2)3/h13,15,17,20H,7-12,14,16,18-19,21H2,1-6H3/b23-15+,24-17+,25-20+. The van der Waals surface area contributed by atoms with Crippen molar-refractivity contribution in [1.82, 2.24) is 0 Å². The van der Waals surface area contributed by atoms with Gasteiger partial charge in [0.05, 0.1) is 0 Å². The second kappa shape index (κ2) is 17.5. The Hall–Kier alpha value is -1.57. The highest BCUT2D eigenvalue weighted by Gasteiger charge is 2.00. The van der Waals surface area contributed by atoms with Gasteiger partial charge in [0.25, 0.3) is 0 Å². The fourth-order valence-electron chi connectivity index (χ4n) is 2.86. The van der Waals surface area contributed by atoms with Crippen LogP contribution in [0.25, 0.3) is 0 Å². The quantitative estimate of drug-likeness (QED) is 0.160. The van der Waals surface area contributed by atoms with Crippen molar-refractivity contribution in [2.75, 3.05) is 6.61 Å². The minimum Gasteiger partial charge on any atom is -0.461 e. The molecule has 0 bridgehead atoms.